The van der Waals surface area contributed by atoms with E-state index in [4.69, 9.17) is 5.73 Å². The van der Waals surface area contributed by atoms with Gasteiger partial charge in [-0.05, 0) is 18.2 Å². The monoisotopic (exact) mass is 324 g/mol. The number of nitrogens with zero attached hydrogens (tertiary/aromatic N) is 5. The molecular formula is C16H10F2N6. The molecule has 0 bridgehead atoms. The molecule has 0 aliphatic carbocycles. The van der Waals surface area contributed by atoms with E-state index in [-0.39, 0.29) is 5.69 Å². The smallest absolute Gasteiger partial charge is 0.163 e. The highest BCUT2D eigenvalue weighted by Gasteiger charge is 2.18. The number of para-hydroxylation sites is 1. The van der Waals surface area contributed by atoms with Crippen molar-refractivity contribution in [3.8, 4) is 16.8 Å². The Labute approximate surface area is 134 Å². The van der Waals surface area contributed by atoms with Crippen LogP contribution in [0.15, 0.2) is 49.2 Å². The van der Waals surface area contributed by atoms with Gasteiger partial charge in [-0.1, -0.05) is 6.07 Å². The summed E-state index contributed by atoms with van der Waals surface area (Å²) >= 11 is 0. The van der Waals surface area contributed by atoms with Gasteiger partial charge in [-0.3, -0.25) is 0 Å². The summed E-state index contributed by atoms with van der Waals surface area (Å²) in [5, 5.41) is 4.68. The highest BCUT2D eigenvalue weighted by Crippen LogP contribution is 2.31. The van der Waals surface area contributed by atoms with E-state index in [9.17, 15) is 8.78 Å². The normalized spacial score (nSPS) is 11.1. The van der Waals surface area contributed by atoms with Gasteiger partial charge in [0, 0.05) is 28.9 Å². The van der Waals surface area contributed by atoms with Crippen LogP contribution in [0.25, 0.3) is 27.8 Å². The third-order valence-electron chi connectivity index (χ3n) is 3.65. The van der Waals surface area contributed by atoms with Crippen LogP contribution < -0.4 is 5.73 Å². The molecule has 4 aromatic rings. The van der Waals surface area contributed by atoms with Crippen molar-refractivity contribution in [3.63, 3.8) is 0 Å². The van der Waals surface area contributed by atoms with Gasteiger partial charge in [-0.2, -0.15) is 5.10 Å². The number of anilines is 1. The molecule has 1 aromatic carbocycles. The van der Waals surface area contributed by atoms with Crippen molar-refractivity contribution >= 4 is 16.9 Å². The lowest BCUT2D eigenvalue weighted by Gasteiger charge is -2.07. The minimum Gasteiger partial charge on any atom is -0.383 e. The maximum absolute atomic E-state index is 14.1. The zero-order valence-corrected chi connectivity index (χ0v) is 12.2. The number of pyridine rings is 1. The van der Waals surface area contributed by atoms with Gasteiger partial charge in [0.05, 0.1) is 6.20 Å². The molecule has 0 aliphatic heterocycles. The second-order valence-corrected chi connectivity index (χ2v) is 5.04. The lowest BCUT2D eigenvalue weighted by molar-refractivity contribution is 0.562. The van der Waals surface area contributed by atoms with E-state index in [0.717, 1.165) is 4.68 Å². The van der Waals surface area contributed by atoms with Gasteiger partial charge in [-0.15, -0.1) is 0 Å². The van der Waals surface area contributed by atoms with Crippen molar-refractivity contribution in [2.45, 2.75) is 0 Å². The lowest BCUT2D eigenvalue weighted by atomic mass is 10.1. The Bertz CT molecular complexity index is 1040. The summed E-state index contributed by atoms with van der Waals surface area (Å²) in [6, 6.07) is 5.35. The summed E-state index contributed by atoms with van der Waals surface area (Å²) in [5.74, 6) is -1.16. The molecule has 0 saturated heterocycles. The van der Waals surface area contributed by atoms with Gasteiger partial charge in [0.15, 0.2) is 17.3 Å². The Hall–Kier alpha value is -3.42. The maximum Gasteiger partial charge on any atom is 0.163 e. The van der Waals surface area contributed by atoms with Gasteiger partial charge < -0.3 is 5.73 Å². The van der Waals surface area contributed by atoms with Gasteiger partial charge in [-0.25, -0.2) is 28.4 Å². The molecule has 0 amide bonds. The van der Waals surface area contributed by atoms with Gasteiger partial charge in [0.25, 0.3) is 0 Å². The fourth-order valence-corrected chi connectivity index (χ4v) is 2.56. The Morgan fingerprint density at radius 3 is 2.50 bits per heavy atom. The second kappa shape index (κ2) is 5.34. The molecule has 6 nitrogen and oxygen atoms in total. The minimum atomic E-state index is -0.727. The van der Waals surface area contributed by atoms with Gasteiger partial charge >= 0.3 is 0 Å². The average Bonchev–Trinajstić information content (AvgIpc) is 2.99. The molecule has 3 aromatic heterocycles. The highest BCUT2D eigenvalue weighted by atomic mass is 19.1. The van der Waals surface area contributed by atoms with Crippen molar-refractivity contribution < 1.29 is 8.78 Å². The number of halogens is 2. The Kier molecular flexibility index (Phi) is 3.16. The quantitative estimate of drug-likeness (QED) is 0.613. The van der Waals surface area contributed by atoms with Crippen molar-refractivity contribution in [1.82, 2.24) is 24.7 Å². The fourth-order valence-electron chi connectivity index (χ4n) is 2.56. The molecule has 3 heterocycles. The molecule has 0 radical (unpaired) electrons. The van der Waals surface area contributed by atoms with Crippen LogP contribution in [0.4, 0.5) is 14.6 Å². The Morgan fingerprint density at radius 2 is 1.75 bits per heavy atom. The third kappa shape index (κ3) is 2.08. The molecule has 4 rings (SSSR count). The van der Waals surface area contributed by atoms with Crippen molar-refractivity contribution in [3.05, 3.63) is 60.8 Å². The van der Waals surface area contributed by atoms with Gasteiger partial charge in [0.1, 0.15) is 17.8 Å². The number of fused-ring (bicyclic) bond motifs is 1. The van der Waals surface area contributed by atoms with Crippen LogP contribution in [0.1, 0.15) is 0 Å². The number of nitrogen functional groups attached to an aromatic ring is 1. The highest BCUT2D eigenvalue weighted by molar-refractivity contribution is 5.95. The number of benzene rings is 1. The molecule has 0 aliphatic rings. The fraction of sp³-hybridized carbons (Fsp3) is 0. The molecule has 118 valence electrons. The second-order valence-electron chi connectivity index (χ2n) is 5.04. The topological polar surface area (TPSA) is 82.5 Å². The predicted molar refractivity (Wildman–Crippen MR) is 84.2 cm³/mol. The first-order valence-electron chi connectivity index (χ1n) is 7.00. The van der Waals surface area contributed by atoms with E-state index in [1.165, 1.54) is 36.9 Å². The zero-order valence-electron chi connectivity index (χ0n) is 12.2. The van der Waals surface area contributed by atoms with E-state index in [0.29, 0.717) is 28.0 Å². The van der Waals surface area contributed by atoms with Crippen LogP contribution >= 0.6 is 0 Å². The molecule has 0 saturated carbocycles. The first-order chi connectivity index (χ1) is 11.7. The molecule has 0 fully saturated rings. The molecule has 2 N–H and O–H groups in total. The molecule has 0 atom stereocenters. The summed E-state index contributed by atoms with van der Waals surface area (Å²) in [7, 11) is 0. The lowest BCUT2D eigenvalue weighted by Crippen LogP contribution is -2.04. The first kappa shape index (κ1) is 14.2. The molecule has 8 heteroatoms. The molecular weight excluding hydrogens is 314 g/mol. The minimum absolute atomic E-state index is 0.283. The summed E-state index contributed by atoms with van der Waals surface area (Å²) < 4.78 is 29.2. The van der Waals surface area contributed by atoms with Crippen LogP contribution in [-0.2, 0) is 0 Å². The maximum atomic E-state index is 14.1. The standard InChI is InChI=1S/C16H10F2N6/c17-12-2-1-3-13(18)14(12)24-16-11(7-23-24)9(4-5-21-16)10-6-20-8-22-15(10)19/h1-8H,(H2,19,20,22). The van der Waals surface area contributed by atoms with Crippen molar-refractivity contribution in [1.29, 1.82) is 0 Å². The SMILES string of the molecule is Nc1ncncc1-c1ccnc2c1cnn2-c1c(F)cccc1F. The average molecular weight is 324 g/mol. The van der Waals surface area contributed by atoms with Crippen LogP contribution in [0.3, 0.4) is 0 Å². The van der Waals surface area contributed by atoms with Crippen molar-refractivity contribution in [2.75, 3.05) is 5.73 Å². The van der Waals surface area contributed by atoms with E-state index in [1.54, 1.807) is 12.3 Å². The number of hydrogen-bond donors (Lipinski definition) is 1. The van der Waals surface area contributed by atoms with E-state index in [1.807, 2.05) is 0 Å². The van der Waals surface area contributed by atoms with Crippen molar-refractivity contribution in [2.24, 2.45) is 0 Å². The molecule has 0 unspecified atom stereocenters. The van der Waals surface area contributed by atoms with Gasteiger partial charge in [0.2, 0.25) is 0 Å². The third-order valence-corrected chi connectivity index (χ3v) is 3.65. The van der Waals surface area contributed by atoms with Crippen LogP contribution in [-0.4, -0.2) is 24.7 Å². The first-order valence-corrected chi connectivity index (χ1v) is 7.00. The molecule has 0 spiro atoms. The Balaban J connectivity index is 2.00. The predicted octanol–water partition coefficient (Wildman–Crippen LogP) is 2.74. The number of aromatic nitrogens is 5. The van der Waals surface area contributed by atoms with E-state index >= 15 is 0 Å². The number of hydrogen-bond acceptors (Lipinski definition) is 5. The Morgan fingerprint density at radius 1 is 0.958 bits per heavy atom. The van der Waals surface area contributed by atoms with Crippen LogP contribution in [0.2, 0.25) is 0 Å². The van der Waals surface area contributed by atoms with E-state index < -0.39 is 11.6 Å². The number of rotatable bonds is 2. The summed E-state index contributed by atoms with van der Waals surface area (Å²) in [6.45, 7) is 0. The number of nitrogens with two attached hydrogens (primary N) is 1. The summed E-state index contributed by atoms with van der Waals surface area (Å²) in [4.78, 5) is 12.1. The zero-order chi connectivity index (χ0) is 16.7. The largest absolute Gasteiger partial charge is 0.383 e. The molecule has 24 heavy (non-hydrogen) atoms. The van der Waals surface area contributed by atoms with Crippen LogP contribution in [0, 0.1) is 11.6 Å². The summed E-state index contributed by atoms with van der Waals surface area (Å²) in [6.07, 6.45) is 5.91. The van der Waals surface area contributed by atoms with Crippen LogP contribution in [0.5, 0.6) is 0 Å². The summed E-state index contributed by atoms with van der Waals surface area (Å²) in [5.41, 5.74) is 7.19. The van der Waals surface area contributed by atoms with E-state index in [2.05, 4.69) is 20.1 Å².